The maximum atomic E-state index is 12.8. The monoisotopic (exact) mass is 473 g/mol. The van der Waals surface area contributed by atoms with Gasteiger partial charge in [0.05, 0.1) is 18.2 Å². The molecule has 1 aliphatic heterocycles. The molecule has 0 saturated carbocycles. The lowest BCUT2D eigenvalue weighted by Crippen LogP contribution is -2.49. The molecule has 2 aromatic rings. The lowest BCUT2D eigenvalue weighted by Gasteiger charge is -2.39. The van der Waals surface area contributed by atoms with Crippen molar-refractivity contribution in [3.63, 3.8) is 0 Å². The van der Waals surface area contributed by atoms with Gasteiger partial charge < -0.3 is 9.64 Å². The molecule has 0 radical (unpaired) electrons. The summed E-state index contributed by atoms with van der Waals surface area (Å²) >= 11 is 0. The standard InChI is InChI=1S/C26H30F3N3O2/c1-18-19(2)24(34-17-5-4-12-30)11-10-23(18)20(3)31-13-15-32(16-14-31)25(33)21-6-8-22(9-7-21)26(27,28)29/h6-11,20H,4-5,13-17H2,1-3H3/t20-/m1/s1. The third-order valence-electron chi connectivity index (χ3n) is 6.53. The second kappa shape index (κ2) is 10.9. The second-order valence-corrected chi connectivity index (χ2v) is 8.59. The van der Waals surface area contributed by atoms with Crippen LogP contribution >= 0.6 is 0 Å². The lowest BCUT2D eigenvalue weighted by molar-refractivity contribution is -0.137. The first kappa shape index (κ1) is 25.6. The van der Waals surface area contributed by atoms with Crippen molar-refractivity contribution >= 4 is 5.91 Å². The van der Waals surface area contributed by atoms with Gasteiger partial charge in [0.15, 0.2) is 0 Å². The molecule has 5 nitrogen and oxygen atoms in total. The summed E-state index contributed by atoms with van der Waals surface area (Å²) in [6, 6.07) is 10.7. The molecule has 0 N–H and O–H groups in total. The number of amides is 1. The van der Waals surface area contributed by atoms with Crippen LogP contribution in [-0.4, -0.2) is 48.5 Å². The van der Waals surface area contributed by atoms with Crippen LogP contribution in [0.25, 0.3) is 0 Å². The van der Waals surface area contributed by atoms with Gasteiger partial charge in [-0.1, -0.05) is 6.07 Å². The average Bonchev–Trinajstić information content (AvgIpc) is 2.83. The first-order valence-electron chi connectivity index (χ1n) is 11.4. The molecule has 1 amide bonds. The van der Waals surface area contributed by atoms with Gasteiger partial charge in [0, 0.05) is 44.2 Å². The molecule has 1 heterocycles. The molecule has 182 valence electrons. The Hall–Kier alpha value is -3.05. The van der Waals surface area contributed by atoms with Gasteiger partial charge in [0.25, 0.3) is 5.91 Å². The number of piperazine rings is 1. The summed E-state index contributed by atoms with van der Waals surface area (Å²) in [4.78, 5) is 16.8. The van der Waals surface area contributed by atoms with E-state index in [-0.39, 0.29) is 17.5 Å². The summed E-state index contributed by atoms with van der Waals surface area (Å²) in [7, 11) is 0. The summed E-state index contributed by atoms with van der Waals surface area (Å²) in [5, 5.41) is 8.66. The fourth-order valence-corrected chi connectivity index (χ4v) is 4.25. The van der Waals surface area contributed by atoms with Gasteiger partial charge in [-0.15, -0.1) is 0 Å². The third-order valence-corrected chi connectivity index (χ3v) is 6.53. The molecule has 0 aromatic heterocycles. The molecule has 1 aliphatic rings. The number of carbonyl (C=O) groups is 1. The summed E-state index contributed by atoms with van der Waals surface area (Å²) in [5.41, 5.74) is 2.95. The first-order chi connectivity index (χ1) is 16.1. The minimum Gasteiger partial charge on any atom is -0.493 e. The van der Waals surface area contributed by atoms with Crippen LogP contribution in [0, 0.1) is 25.2 Å². The van der Waals surface area contributed by atoms with E-state index < -0.39 is 11.7 Å². The van der Waals surface area contributed by atoms with Crippen molar-refractivity contribution in [2.75, 3.05) is 32.8 Å². The van der Waals surface area contributed by atoms with Crippen LogP contribution in [0.1, 0.15) is 58.4 Å². The SMILES string of the molecule is Cc1c(OCCCC#N)ccc([C@@H](C)N2CCN(C(=O)c3ccc(C(F)(F)F)cc3)CC2)c1C. The Balaban J connectivity index is 1.60. The van der Waals surface area contributed by atoms with Gasteiger partial charge in [-0.2, -0.15) is 18.4 Å². The van der Waals surface area contributed by atoms with Crippen LogP contribution in [0.15, 0.2) is 36.4 Å². The van der Waals surface area contributed by atoms with Crippen LogP contribution in [-0.2, 0) is 6.18 Å². The zero-order valence-corrected chi connectivity index (χ0v) is 19.8. The Labute approximate surface area is 198 Å². The number of unbranched alkanes of at least 4 members (excludes halogenated alkanes) is 1. The number of benzene rings is 2. The molecular formula is C26H30F3N3O2. The number of carbonyl (C=O) groups excluding carboxylic acids is 1. The highest BCUT2D eigenvalue weighted by molar-refractivity contribution is 5.94. The number of nitriles is 1. The van der Waals surface area contributed by atoms with Crippen molar-refractivity contribution in [2.45, 2.75) is 45.8 Å². The molecule has 34 heavy (non-hydrogen) atoms. The molecule has 3 rings (SSSR count). The van der Waals surface area contributed by atoms with Gasteiger partial charge in [-0.3, -0.25) is 9.69 Å². The molecule has 1 atom stereocenters. The summed E-state index contributed by atoms with van der Waals surface area (Å²) in [6.07, 6.45) is -3.25. The first-order valence-corrected chi connectivity index (χ1v) is 11.4. The minimum absolute atomic E-state index is 0.148. The zero-order valence-electron chi connectivity index (χ0n) is 19.8. The maximum Gasteiger partial charge on any atom is 0.416 e. The van der Waals surface area contributed by atoms with E-state index in [1.807, 2.05) is 13.0 Å². The Kier molecular flexibility index (Phi) is 8.21. The van der Waals surface area contributed by atoms with Crippen molar-refractivity contribution in [2.24, 2.45) is 0 Å². The van der Waals surface area contributed by atoms with E-state index in [0.29, 0.717) is 45.6 Å². The maximum absolute atomic E-state index is 12.8. The van der Waals surface area contributed by atoms with Crippen LogP contribution in [0.5, 0.6) is 5.75 Å². The molecule has 1 fully saturated rings. The van der Waals surface area contributed by atoms with Crippen LogP contribution < -0.4 is 4.74 Å². The van der Waals surface area contributed by atoms with E-state index in [1.165, 1.54) is 17.7 Å². The zero-order chi connectivity index (χ0) is 24.9. The Morgan fingerprint density at radius 3 is 2.29 bits per heavy atom. The van der Waals surface area contributed by atoms with Crippen molar-refractivity contribution in [3.05, 3.63) is 64.2 Å². The summed E-state index contributed by atoms with van der Waals surface area (Å²) in [6.45, 7) is 9.15. The second-order valence-electron chi connectivity index (χ2n) is 8.59. The van der Waals surface area contributed by atoms with Gasteiger partial charge >= 0.3 is 6.18 Å². The van der Waals surface area contributed by atoms with E-state index in [9.17, 15) is 18.0 Å². The highest BCUT2D eigenvalue weighted by atomic mass is 19.4. The lowest BCUT2D eigenvalue weighted by atomic mass is 9.96. The van der Waals surface area contributed by atoms with E-state index in [2.05, 4.69) is 30.9 Å². The Morgan fingerprint density at radius 2 is 1.71 bits per heavy atom. The number of ether oxygens (including phenoxy) is 1. The van der Waals surface area contributed by atoms with Gasteiger partial charge in [0.2, 0.25) is 0 Å². The molecule has 0 bridgehead atoms. The molecule has 1 saturated heterocycles. The average molecular weight is 474 g/mol. The van der Waals surface area contributed by atoms with Crippen LogP contribution in [0.4, 0.5) is 13.2 Å². The van der Waals surface area contributed by atoms with E-state index >= 15 is 0 Å². The highest BCUT2D eigenvalue weighted by Gasteiger charge is 2.31. The number of alkyl halides is 3. The predicted molar refractivity (Wildman–Crippen MR) is 124 cm³/mol. The minimum atomic E-state index is -4.42. The van der Waals surface area contributed by atoms with E-state index in [0.717, 1.165) is 29.0 Å². The molecule has 2 aromatic carbocycles. The fraction of sp³-hybridized carbons (Fsp3) is 0.462. The van der Waals surface area contributed by atoms with Gasteiger partial charge in [-0.25, -0.2) is 0 Å². The number of nitrogens with zero attached hydrogens (tertiary/aromatic N) is 3. The fourth-order valence-electron chi connectivity index (χ4n) is 4.25. The van der Waals surface area contributed by atoms with Gasteiger partial charge in [0.1, 0.15) is 5.75 Å². The molecule has 8 heteroatoms. The Bertz CT molecular complexity index is 1040. The van der Waals surface area contributed by atoms with Crippen LogP contribution in [0.3, 0.4) is 0 Å². The van der Waals surface area contributed by atoms with Crippen molar-refractivity contribution in [3.8, 4) is 11.8 Å². The quantitative estimate of drug-likeness (QED) is 0.497. The smallest absolute Gasteiger partial charge is 0.416 e. The normalized spacial score (nSPS) is 15.6. The molecule has 0 aliphatic carbocycles. The van der Waals surface area contributed by atoms with Gasteiger partial charge in [-0.05, 0) is 74.2 Å². The van der Waals surface area contributed by atoms with Crippen molar-refractivity contribution < 1.29 is 22.7 Å². The third kappa shape index (κ3) is 5.89. The molecule has 0 unspecified atom stereocenters. The van der Waals surface area contributed by atoms with E-state index in [1.54, 1.807) is 4.90 Å². The van der Waals surface area contributed by atoms with Crippen molar-refractivity contribution in [1.29, 1.82) is 5.26 Å². The number of hydrogen-bond acceptors (Lipinski definition) is 4. The predicted octanol–water partition coefficient (Wildman–Crippen LogP) is 5.52. The number of rotatable bonds is 7. The van der Waals surface area contributed by atoms with E-state index in [4.69, 9.17) is 10.00 Å². The molecule has 0 spiro atoms. The summed E-state index contributed by atoms with van der Waals surface area (Å²) in [5.74, 6) is 0.587. The largest absolute Gasteiger partial charge is 0.493 e. The summed E-state index contributed by atoms with van der Waals surface area (Å²) < 4.78 is 44.2. The highest BCUT2D eigenvalue weighted by Crippen LogP contribution is 2.32. The molecular weight excluding hydrogens is 443 g/mol. The Morgan fingerprint density at radius 1 is 1.06 bits per heavy atom. The number of halogens is 3. The van der Waals surface area contributed by atoms with Crippen molar-refractivity contribution in [1.82, 2.24) is 9.80 Å². The number of hydrogen-bond donors (Lipinski definition) is 0. The topological polar surface area (TPSA) is 56.6 Å². The van der Waals surface area contributed by atoms with Crippen LogP contribution in [0.2, 0.25) is 0 Å².